The van der Waals surface area contributed by atoms with E-state index in [-0.39, 0.29) is 3.57 Å². The van der Waals surface area contributed by atoms with Crippen LogP contribution in [-0.4, -0.2) is 11.2 Å². The highest BCUT2D eigenvalue weighted by Gasteiger charge is 2.33. The van der Waals surface area contributed by atoms with Gasteiger partial charge in [-0.2, -0.15) is 18.3 Å². The Balaban J connectivity index is 2.17. The lowest BCUT2D eigenvalue weighted by atomic mass is 10.1. The highest BCUT2D eigenvalue weighted by Crippen LogP contribution is 2.33. The number of aromatic nitrogens is 1. The zero-order valence-electron chi connectivity index (χ0n) is 10.2. The van der Waals surface area contributed by atoms with Crippen molar-refractivity contribution < 1.29 is 13.2 Å². The van der Waals surface area contributed by atoms with Crippen LogP contribution in [0.5, 0.6) is 0 Å². The van der Waals surface area contributed by atoms with Gasteiger partial charge < -0.3 is 0 Å². The van der Waals surface area contributed by atoms with E-state index in [4.69, 9.17) is 0 Å². The Labute approximate surface area is 131 Å². The molecule has 0 radical (unpaired) electrons. The Kier molecular flexibility index (Phi) is 4.63. The van der Waals surface area contributed by atoms with Crippen molar-refractivity contribution in [1.82, 2.24) is 4.98 Å². The first-order chi connectivity index (χ1) is 9.38. The lowest BCUT2D eigenvalue weighted by molar-refractivity contribution is -0.138. The summed E-state index contributed by atoms with van der Waals surface area (Å²) in [5.41, 5.74) is 3.30. The lowest BCUT2D eigenvalue weighted by Crippen LogP contribution is -2.09. The summed E-state index contributed by atoms with van der Waals surface area (Å²) in [5, 5.41) is 6.36. The number of halogens is 4. The molecule has 2 aromatic rings. The summed E-state index contributed by atoms with van der Waals surface area (Å²) in [6.45, 7) is 1.85. The molecule has 1 aromatic carbocycles. The standard InChI is InChI=1S/C12H9F3IN3S/c1-7-6-20-11(18-7)19-17-5-8-3-2-4-9(10(8)16)12(13,14)15/h2-6H,1H3,(H,18,19). The van der Waals surface area contributed by atoms with Gasteiger partial charge in [0.05, 0.1) is 17.5 Å². The van der Waals surface area contributed by atoms with Crippen molar-refractivity contribution in [1.29, 1.82) is 0 Å². The topological polar surface area (TPSA) is 37.3 Å². The van der Waals surface area contributed by atoms with Crippen LogP contribution < -0.4 is 5.43 Å². The molecule has 0 spiro atoms. The zero-order valence-corrected chi connectivity index (χ0v) is 13.2. The molecule has 8 heteroatoms. The van der Waals surface area contributed by atoms with Crippen LogP contribution in [0, 0.1) is 10.5 Å². The van der Waals surface area contributed by atoms with Crippen molar-refractivity contribution in [2.75, 3.05) is 5.43 Å². The molecule has 2 rings (SSSR count). The SMILES string of the molecule is Cc1csc(NN=Cc2cccc(C(F)(F)F)c2I)n1. The quantitative estimate of drug-likeness (QED) is 0.458. The molecule has 0 aliphatic carbocycles. The second-order valence-electron chi connectivity index (χ2n) is 3.87. The molecule has 1 heterocycles. The van der Waals surface area contributed by atoms with E-state index in [2.05, 4.69) is 15.5 Å². The van der Waals surface area contributed by atoms with Crippen molar-refractivity contribution >= 4 is 45.3 Å². The van der Waals surface area contributed by atoms with Gasteiger partial charge in [-0.1, -0.05) is 12.1 Å². The smallest absolute Gasteiger partial charge is 0.253 e. The maximum Gasteiger partial charge on any atom is 0.417 e. The molecule has 0 fully saturated rings. The van der Waals surface area contributed by atoms with E-state index in [1.165, 1.54) is 23.6 Å². The molecule has 0 amide bonds. The van der Waals surface area contributed by atoms with Crippen LogP contribution >= 0.6 is 33.9 Å². The highest BCUT2D eigenvalue weighted by molar-refractivity contribution is 14.1. The number of hydrogen-bond donors (Lipinski definition) is 1. The molecule has 0 atom stereocenters. The second kappa shape index (κ2) is 6.08. The van der Waals surface area contributed by atoms with Crippen molar-refractivity contribution in [2.45, 2.75) is 13.1 Å². The van der Waals surface area contributed by atoms with Crippen molar-refractivity contribution in [3.05, 3.63) is 44.0 Å². The van der Waals surface area contributed by atoms with E-state index in [1.54, 1.807) is 28.7 Å². The fraction of sp³-hybridized carbons (Fsp3) is 0.167. The van der Waals surface area contributed by atoms with E-state index in [0.717, 1.165) is 11.8 Å². The lowest BCUT2D eigenvalue weighted by Gasteiger charge is -2.10. The van der Waals surface area contributed by atoms with E-state index < -0.39 is 11.7 Å². The summed E-state index contributed by atoms with van der Waals surface area (Å²) in [6, 6.07) is 3.99. The molecule has 0 unspecified atom stereocenters. The molecule has 1 N–H and O–H groups in total. The van der Waals surface area contributed by atoms with Crippen LogP contribution in [0.1, 0.15) is 16.8 Å². The number of aryl methyl sites for hydroxylation is 1. The average molecular weight is 411 g/mol. The van der Waals surface area contributed by atoms with Crippen molar-refractivity contribution in [3.63, 3.8) is 0 Å². The van der Waals surface area contributed by atoms with Crippen molar-refractivity contribution in [3.8, 4) is 0 Å². The van der Waals surface area contributed by atoms with Gasteiger partial charge in [0.25, 0.3) is 0 Å². The Bertz CT molecular complexity index is 637. The minimum absolute atomic E-state index is 0.124. The largest absolute Gasteiger partial charge is 0.417 e. The third-order valence-electron chi connectivity index (χ3n) is 2.32. The number of hydrazone groups is 1. The Morgan fingerprint density at radius 1 is 1.40 bits per heavy atom. The summed E-state index contributed by atoms with van der Waals surface area (Å²) in [5.74, 6) is 0. The predicted molar refractivity (Wildman–Crippen MR) is 82.2 cm³/mol. The number of thiazole rings is 1. The van der Waals surface area contributed by atoms with Gasteiger partial charge >= 0.3 is 6.18 Å². The Morgan fingerprint density at radius 2 is 2.15 bits per heavy atom. The van der Waals surface area contributed by atoms with Gasteiger partial charge in [0.2, 0.25) is 5.13 Å². The summed E-state index contributed by atoms with van der Waals surface area (Å²) in [4.78, 5) is 4.13. The molecule has 0 bridgehead atoms. The van der Waals surface area contributed by atoms with Gasteiger partial charge in [-0.15, -0.1) is 11.3 Å². The zero-order chi connectivity index (χ0) is 14.8. The molecular weight excluding hydrogens is 402 g/mol. The van der Waals surface area contributed by atoms with Gasteiger partial charge in [-0.3, -0.25) is 5.43 Å². The fourth-order valence-electron chi connectivity index (χ4n) is 1.43. The molecule has 106 valence electrons. The van der Waals surface area contributed by atoms with Gasteiger partial charge in [0, 0.05) is 14.5 Å². The molecule has 0 saturated carbocycles. The summed E-state index contributed by atoms with van der Waals surface area (Å²) in [7, 11) is 0. The summed E-state index contributed by atoms with van der Waals surface area (Å²) in [6.07, 6.45) is -3.01. The molecule has 0 saturated heterocycles. The third-order valence-corrected chi connectivity index (χ3v) is 4.39. The number of rotatable bonds is 3. The van der Waals surface area contributed by atoms with Gasteiger partial charge in [-0.25, -0.2) is 4.98 Å². The minimum Gasteiger partial charge on any atom is -0.253 e. The summed E-state index contributed by atoms with van der Waals surface area (Å²) >= 11 is 3.05. The van der Waals surface area contributed by atoms with Crippen LogP contribution in [0.15, 0.2) is 28.7 Å². The van der Waals surface area contributed by atoms with Crippen LogP contribution in [0.4, 0.5) is 18.3 Å². The van der Waals surface area contributed by atoms with E-state index in [9.17, 15) is 13.2 Å². The van der Waals surface area contributed by atoms with Gasteiger partial charge in [0.15, 0.2) is 0 Å². The Hall–Kier alpha value is -1.16. The van der Waals surface area contributed by atoms with Crippen molar-refractivity contribution in [2.24, 2.45) is 5.10 Å². The van der Waals surface area contributed by atoms with Crippen LogP contribution in [0.2, 0.25) is 0 Å². The van der Waals surface area contributed by atoms with Crippen LogP contribution in [-0.2, 0) is 6.18 Å². The molecule has 0 aliphatic heterocycles. The van der Waals surface area contributed by atoms with Crippen LogP contribution in [0.3, 0.4) is 0 Å². The number of anilines is 1. The molecule has 1 aromatic heterocycles. The minimum atomic E-state index is -4.36. The maximum absolute atomic E-state index is 12.7. The van der Waals surface area contributed by atoms with Crippen LogP contribution in [0.25, 0.3) is 0 Å². The summed E-state index contributed by atoms with van der Waals surface area (Å²) < 4.78 is 38.4. The van der Waals surface area contributed by atoms with Gasteiger partial charge in [-0.05, 0) is 35.6 Å². The molecule has 20 heavy (non-hydrogen) atoms. The highest BCUT2D eigenvalue weighted by atomic mass is 127. The number of alkyl halides is 3. The van der Waals surface area contributed by atoms with E-state index >= 15 is 0 Å². The number of benzene rings is 1. The normalized spacial score (nSPS) is 12.1. The molecular formula is C12H9F3IN3S. The molecule has 3 nitrogen and oxygen atoms in total. The molecule has 0 aliphatic rings. The number of nitrogens with zero attached hydrogens (tertiary/aromatic N) is 2. The van der Waals surface area contributed by atoms with E-state index in [0.29, 0.717) is 10.7 Å². The average Bonchev–Trinajstić information content (AvgIpc) is 2.76. The first kappa shape index (κ1) is 15.2. The monoisotopic (exact) mass is 411 g/mol. The first-order valence-electron chi connectivity index (χ1n) is 5.45. The fourth-order valence-corrected chi connectivity index (χ4v) is 2.87. The maximum atomic E-state index is 12.7. The van der Waals surface area contributed by atoms with E-state index in [1.807, 2.05) is 12.3 Å². The first-order valence-corrected chi connectivity index (χ1v) is 7.40. The number of nitrogens with one attached hydrogen (secondary N) is 1. The van der Waals surface area contributed by atoms with Gasteiger partial charge in [0.1, 0.15) is 0 Å². The second-order valence-corrected chi connectivity index (χ2v) is 5.81. The third kappa shape index (κ3) is 3.69. The number of hydrogen-bond acceptors (Lipinski definition) is 4. The Morgan fingerprint density at radius 3 is 2.75 bits per heavy atom. The predicted octanol–water partition coefficient (Wildman–Crippen LogP) is 4.52.